The van der Waals surface area contributed by atoms with Crippen LogP contribution in [0.1, 0.15) is 35.3 Å². The van der Waals surface area contributed by atoms with E-state index in [2.05, 4.69) is 11.8 Å². The predicted molar refractivity (Wildman–Crippen MR) is 89.6 cm³/mol. The Kier molecular flexibility index (Phi) is 5.09. The van der Waals surface area contributed by atoms with Crippen LogP contribution in [-0.2, 0) is 0 Å². The quantitative estimate of drug-likeness (QED) is 0.517. The van der Waals surface area contributed by atoms with Crippen LogP contribution >= 0.6 is 0 Å². The maximum atomic E-state index is 12.2. The molecule has 5 heteroatoms. The van der Waals surface area contributed by atoms with Gasteiger partial charge in [0, 0.05) is 31.4 Å². The average Bonchev–Trinajstić information content (AvgIpc) is 2.83. The van der Waals surface area contributed by atoms with Gasteiger partial charge in [-0.3, -0.25) is 10.0 Å². The van der Waals surface area contributed by atoms with Crippen molar-refractivity contribution in [3.05, 3.63) is 47.2 Å². The second-order valence-corrected chi connectivity index (χ2v) is 5.98. The number of aryl methyl sites for hydroxylation is 1. The molecule has 0 aliphatic carbocycles. The Morgan fingerprint density at radius 1 is 1.35 bits per heavy atom. The van der Waals surface area contributed by atoms with E-state index in [0.717, 1.165) is 16.2 Å². The SMILES string of the molecule is Cc1cc(C#CC2C=CN(C)N2C)ccc1C(=O)N(O)C(C)C. The fourth-order valence-corrected chi connectivity index (χ4v) is 2.27. The van der Waals surface area contributed by atoms with E-state index in [4.69, 9.17) is 0 Å². The summed E-state index contributed by atoms with van der Waals surface area (Å²) in [5.74, 6) is 5.95. The van der Waals surface area contributed by atoms with E-state index in [9.17, 15) is 10.0 Å². The second kappa shape index (κ2) is 6.86. The zero-order chi connectivity index (χ0) is 17.1. The van der Waals surface area contributed by atoms with E-state index >= 15 is 0 Å². The third kappa shape index (κ3) is 3.73. The van der Waals surface area contributed by atoms with E-state index in [1.54, 1.807) is 19.9 Å². The molecule has 23 heavy (non-hydrogen) atoms. The van der Waals surface area contributed by atoms with E-state index in [1.165, 1.54) is 0 Å². The number of carbonyl (C=O) groups excluding carboxylic acids is 1. The van der Waals surface area contributed by atoms with Crippen molar-refractivity contribution in [3.63, 3.8) is 0 Å². The lowest BCUT2D eigenvalue weighted by Gasteiger charge is -2.23. The van der Waals surface area contributed by atoms with Gasteiger partial charge in [-0.2, -0.15) is 0 Å². The summed E-state index contributed by atoms with van der Waals surface area (Å²) in [5, 5.41) is 14.5. The van der Waals surface area contributed by atoms with Gasteiger partial charge in [0.15, 0.2) is 0 Å². The van der Waals surface area contributed by atoms with Crippen molar-refractivity contribution in [2.45, 2.75) is 32.9 Å². The molecule has 0 saturated heterocycles. The normalized spacial score (nSPS) is 17.3. The minimum Gasteiger partial charge on any atom is -0.315 e. The van der Waals surface area contributed by atoms with Crippen molar-refractivity contribution < 1.29 is 10.0 Å². The van der Waals surface area contributed by atoms with Crippen LogP contribution < -0.4 is 0 Å². The topological polar surface area (TPSA) is 47.0 Å². The van der Waals surface area contributed by atoms with Crippen LogP contribution in [0, 0.1) is 18.8 Å². The van der Waals surface area contributed by atoms with Gasteiger partial charge >= 0.3 is 0 Å². The molecule has 1 N–H and O–H groups in total. The highest BCUT2D eigenvalue weighted by molar-refractivity contribution is 5.95. The van der Waals surface area contributed by atoms with Gasteiger partial charge in [0.1, 0.15) is 6.04 Å². The van der Waals surface area contributed by atoms with E-state index in [-0.39, 0.29) is 12.1 Å². The molecule has 1 aromatic carbocycles. The van der Waals surface area contributed by atoms with Crippen molar-refractivity contribution in [1.29, 1.82) is 0 Å². The average molecular weight is 313 g/mol. The molecule has 0 bridgehead atoms. The smallest absolute Gasteiger partial charge is 0.277 e. The molecule has 122 valence electrons. The maximum absolute atomic E-state index is 12.2. The lowest BCUT2D eigenvalue weighted by Crippen LogP contribution is -2.34. The highest BCUT2D eigenvalue weighted by Crippen LogP contribution is 2.15. The van der Waals surface area contributed by atoms with Gasteiger partial charge in [-0.15, -0.1) is 0 Å². The predicted octanol–water partition coefficient (Wildman–Crippen LogP) is 2.26. The Morgan fingerprint density at radius 2 is 2.04 bits per heavy atom. The third-order valence-electron chi connectivity index (χ3n) is 3.90. The summed E-state index contributed by atoms with van der Waals surface area (Å²) < 4.78 is 0. The van der Waals surface area contributed by atoms with Gasteiger partial charge < -0.3 is 5.01 Å². The van der Waals surface area contributed by atoms with E-state index in [1.807, 2.05) is 55.4 Å². The monoisotopic (exact) mass is 313 g/mol. The van der Waals surface area contributed by atoms with Crippen molar-refractivity contribution in [1.82, 2.24) is 15.1 Å². The van der Waals surface area contributed by atoms with Gasteiger partial charge in [-0.05, 0) is 50.6 Å². The molecule has 1 aromatic rings. The van der Waals surface area contributed by atoms with Gasteiger partial charge in [0.05, 0.1) is 6.04 Å². The van der Waals surface area contributed by atoms with Gasteiger partial charge in [0.25, 0.3) is 5.91 Å². The first-order valence-corrected chi connectivity index (χ1v) is 7.59. The number of hydroxylamine groups is 2. The Hall–Kier alpha value is -2.29. The maximum Gasteiger partial charge on any atom is 0.277 e. The molecule has 5 nitrogen and oxygen atoms in total. The van der Waals surface area contributed by atoms with Crippen molar-refractivity contribution >= 4 is 5.91 Å². The van der Waals surface area contributed by atoms with Crippen LogP contribution in [0.3, 0.4) is 0 Å². The molecular weight excluding hydrogens is 290 g/mol. The molecular formula is C18H23N3O2. The molecule has 1 unspecified atom stereocenters. The number of nitrogens with zero attached hydrogens (tertiary/aromatic N) is 3. The second-order valence-electron chi connectivity index (χ2n) is 5.98. The zero-order valence-electron chi connectivity index (χ0n) is 14.2. The van der Waals surface area contributed by atoms with Crippen LogP contribution in [0.5, 0.6) is 0 Å². The van der Waals surface area contributed by atoms with Gasteiger partial charge in [-0.1, -0.05) is 11.8 Å². The summed E-state index contributed by atoms with van der Waals surface area (Å²) in [7, 11) is 3.95. The Balaban J connectivity index is 2.18. The number of hydrogen-bond acceptors (Lipinski definition) is 4. The fraction of sp³-hybridized carbons (Fsp3) is 0.389. The van der Waals surface area contributed by atoms with Crippen LogP contribution in [0.2, 0.25) is 0 Å². The minimum atomic E-state index is -0.392. The molecule has 0 saturated carbocycles. The highest BCUT2D eigenvalue weighted by Gasteiger charge is 2.19. The summed E-state index contributed by atoms with van der Waals surface area (Å²) >= 11 is 0. The third-order valence-corrected chi connectivity index (χ3v) is 3.90. The first-order valence-electron chi connectivity index (χ1n) is 7.59. The van der Waals surface area contributed by atoms with Crippen molar-refractivity contribution in [3.8, 4) is 11.8 Å². The molecule has 1 amide bonds. The molecule has 1 atom stereocenters. The Labute approximate surface area is 137 Å². The zero-order valence-corrected chi connectivity index (χ0v) is 14.2. The molecule has 0 spiro atoms. The molecule has 0 radical (unpaired) electrons. The molecule has 1 heterocycles. The minimum absolute atomic E-state index is 0.0514. The van der Waals surface area contributed by atoms with Crippen LogP contribution in [0.15, 0.2) is 30.5 Å². The molecule has 0 aromatic heterocycles. The molecule has 1 aliphatic rings. The number of benzene rings is 1. The number of carbonyl (C=O) groups is 1. The molecule has 0 fully saturated rings. The van der Waals surface area contributed by atoms with Crippen LogP contribution in [0.4, 0.5) is 0 Å². The lowest BCUT2D eigenvalue weighted by atomic mass is 10.0. The van der Waals surface area contributed by atoms with Gasteiger partial charge in [-0.25, -0.2) is 10.1 Å². The van der Waals surface area contributed by atoms with Gasteiger partial charge in [0.2, 0.25) is 0 Å². The van der Waals surface area contributed by atoms with E-state index in [0.29, 0.717) is 5.56 Å². The first kappa shape index (κ1) is 17.1. The summed E-state index contributed by atoms with van der Waals surface area (Å²) in [6.07, 6.45) is 4.01. The largest absolute Gasteiger partial charge is 0.315 e. The first-order chi connectivity index (χ1) is 10.8. The summed E-state index contributed by atoms with van der Waals surface area (Å²) in [6.45, 7) is 5.37. The fourth-order valence-electron chi connectivity index (χ4n) is 2.27. The number of hydrogen-bond donors (Lipinski definition) is 1. The number of rotatable bonds is 2. The standard InChI is InChI=1S/C18H23N3O2/c1-13(2)21(23)18(22)17-9-7-15(12-14(17)3)6-8-16-10-11-19(4)20(16)5/h7,9-13,16,23H,1-5H3. The van der Waals surface area contributed by atoms with Crippen LogP contribution in [0.25, 0.3) is 0 Å². The summed E-state index contributed by atoms with van der Waals surface area (Å²) in [5.41, 5.74) is 2.14. The van der Waals surface area contributed by atoms with Crippen molar-refractivity contribution in [2.24, 2.45) is 0 Å². The summed E-state index contributed by atoms with van der Waals surface area (Å²) in [6, 6.07) is 5.19. The number of amides is 1. The molecule has 2 rings (SSSR count). The number of likely N-dealkylation sites (N-methyl/N-ethyl adjacent to an activating group) is 1. The van der Waals surface area contributed by atoms with E-state index < -0.39 is 5.91 Å². The highest BCUT2D eigenvalue weighted by atomic mass is 16.5. The molecule has 1 aliphatic heterocycles. The van der Waals surface area contributed by atoms with Crippen LogP contribution in [-0.4, -0.2) is 52.4 Å². The number of hydrazine groups is 1. The Morgan fingerprint density at radius 3 is 2.57 bits per heavy atom. The Bertz CT molecular complexity index is 685. The lowest BCUT2D eigenvalue weighted by molar-refractivity contribution is -0.0794. The van der Waals surface area contributed by atoms with Crippen molar-refractivity contribution in [2.75, 3.05) is 14.1 Å². The summed E-state index contributed by atoms with van der Waals surface area (Å²) in [4.78, 5) is 12.2.